The van der Waals surface area contributed by atoms with Crippen LogP contribution in [0.1, 0.15) is 0 Å². The maximum absolute atomic E-state index is 6.41. The Morgan fingerprint density at radius 1 is 0.357 bits per heavy atom. The number of rotatable bonds is 7. The highest BCUT2D eigenvalue weighted by Crippen LogP contribution is 2.51. The van der Waals surface area contributed by atoms with E-state index in [1.165, 1.54) is 5.56 Å². The van der Waals surface area contributed by atoms with Crippen LogP contribution in [0.5, 0.6) is 11.5 Å². The van der Waals surface area contributed by atoms with Crippen molar-refractivity contribution in [3.05, 3.63) is 207 Å². The molecule has 10 rings (SSSR count). The van der Waals surface area contributed by atoms with Crippen LogP contribution in [0.15, 0.2) is 207 Å². The molecule has 1 aliphatic rings. The SMILES string of the molecule is c1ccc(-c2ccc(-c3cc(-c4cc(-c5ccc(-c6cccnc6)cc5)cc(N5c6ccccc6Oc6ccccc65)c4)nc(-c4ccccc4)n3)cc2)cc1. The number of hydrogen-bond acceptors (Lipinski definition) is 5. The predicted molar refractivity (Wildman–Crippen MR) is 227 cm³/mol. The molecule has 1 aliphatic heterocycles. The molecule has 0 aliphatic carbocycles. The Hall–Kier alpha value is -7.63. The molecule has 56 heavy (non-hydrogen) atoms. The second kappa shape index (κ2) is 14.3. The smallest absolute Gasteiger partial charge is 0.160 e. The van der Waals surface area contributed by atoms with Crippen LogP contribution >= 0.6 is 0 Å². The van der Waals surface area contributed by atoms with Gasteiger partial charge in [-0.2, -0.15) is 0 Å². The van der Waals surface area contributed by atoms with Gasteiger partial charge >= 0.3 is 0 Å². The van der Waals surface area contributed by atoms with E-state index in [1.807, 2.05) is 60.8 Å². The van der Waals surface area contributed by atoms with Crippen LogP contribution in [-0.2, 0) is 0 Å². The van der Waals surface area contributed by atoms with E-state index < -0.39 is 0 Å². The lowest BCUT2D eigenvalue weighted by atomic mass is 9.96. The zero-order valence-corrected chi connectivity index (χ0v) is 30.3. The van der Waals surface area contributed by atoms with E-state index in [0.29, 0.717) is 5.82 Å². The summed E-state index contributed by atoms with van der Waals surface area (Å²) in [4.78, 5) is 17.0. The zero-order chi connectivity index (χ0) is 37.3. The normalized spacial score (nSPS) is 11.7. The van der Waals surface area contributed by atoms with Gasteiger partial charge in [0.15, 0.2) is 17.3 Å². The van der Waals surface area contributed by atoms with Gasteiger partial charge in [-0.05, 0) is 88.0 Å². The standard InChI is InChI=1S/C51H34N4O/c1-3-12-35(13-4-1)36-25-27-39(28-26-36)45-33-46(54-51(53-45)40-14-5-2-6-15-40)43-30-42(38-23-21-37(22-24-38)41-16-11-29-52-34-41)31-44(32-43)55-47-17-7-9-19-49(47)56-50-20-10-8-18-48(50)55/h1-34H. The maximum Gasteiger partial charge on any atom is 0.160 e. The molecule has 2 aromatic heterocycles. The molecular formula is C51H34N4O. The molecule has 0 spiro atoms. The van der Waals surface area contributed by atoms with Crippen LogP contribution in [0.25, 0.3) is 67.3 Å². The highest BCUT2D eigenvalue weighted by Gasteiger charge is 2.26. The molecule has 0 atom stereocenters. The van der Waals surface area contributed by atoms with Crippen molar-refractivity contribution in [3.63, 3.8) is 0 Å². The van der Waals surface area contributed by atoms with E-state index in [2.05, 4.69) is 149 Å². The van der Waals surface area contributed by atoms with Crippen LogP contribution in [-0.4, -0.2) is 15.0 Å². The van der Waals surface area contributed by atoms with E-state index in [1.54, 1.807) is 6.20 Å². The molecule has 0 saturated heterocycles. The van der Waals surface area contributed by atoms with Crippen molar-refractivity contribution in [2.45, 2.75) is 0 Å². The first-order valence-electron chi connectivity index (χ1n) is 18.7. The van der Waals surface area contributed by atoms with E-state index in [0.717, 1.165) is 84.5 Å². The van der Waals surface area contributed by atoms with Crippen LogP contribution in [0, 0.1) is 0 Å². The van der Waals surface area contributed by atoms with Gasteiger partial charge in [0.25, 0.3) is 0 Å². The van der Waals surface area contributed by atoms with Gasteiger partial charge in [-0.1, -0.05) is 140 Å². The number of hydrogen-bond donors (Lipinski definition) is 0. The maximum atomic E-state index is 6.41. The number of pyridine rings is 1. The molecule has 0 saturated carbocycles. The fourth-order valence-corrected chi connectivity index (χ4v) is 7.35. The van der Waals surface area contributed by atoms with E-state index >= 15 is 0 Å². The summed E-state index contributed by atoms with van der Waals surface area (Å²) in [6.45, 7) is 0. The first-order chi connectivity index (χ1) is 27.7. The Labute approximate surface area is 325 Å². The summed E-state index contributed by atoms with van der Waals surface area (Å²) in [5, 5.41) is 0. The Bertz CT molecular complexity index is 2760. The number of fused-ring (bicyclic) bond motifs is 2. The summed E-state index contributed by atoms with van der Waals surface area (Å²) in [6, 6.07) is 67.2. The molecule has 0 bridgehead atoms. The third-order valence-corrected chi connectivity index (χ3v) is 10.2. The highest BCUT2D eigenvalue weighted by atomic mass is 16.5. The van der Waals surface area contributed by atoms with Crippen LogP contribution in [0.4, 0.5) is 17.1 Å². The molecule has 3 heterocycles. The molecule has 0 unspecified atom stereocenters. The zero-order valence-electron chi connectivity index (χ0n) is 30.3. The molecule has 0 amide bonds. The number of benzene rings is 7. The van der Waals surface area contributed by atoms with Crippen molar-refractivity contribution < 1.29 is 4.74 Å². The monoisotopic (exact) mass is 718 g/mol. The first-order valence-corrected chi connectivity index (χ1v) is 18.7. The molecule has 7 aromatic carbocycles. The summed E-state index contributed by atoms with van der Waals surface area (Å²) < 4.78 is 6.41. The molecule has 0 fully saturated rings. The van der Waals surface area contributed by atoms with Gasteiger partial charge in [0.1, 0.15) is 0 Å². The second-order valence-electron chi connectivity index (χ2n) is 13.7. The average molecular weight is 719 g/mol. The summed E-state index contributed by atoms with van der Waals surface area (Å²) in [7, 11) is 0. The van der Waals surface area contributed by atoms with Crippen molar-refractivity contribution >= 4 is 17.1 Å². The van der Waals surface area contributed by atoms with Crippen molar-refractivity contribution in [1.29, 1.82) is 0 Å². The fraction of sp³-hybridized carbons (Fsp3) is 0. The van der Waals surface area contributed by atoms with Gasteiger partial charge in [-0.15, -0.1) is 0 Å². The number of ether oxygens (including phenoxy) is 1. The topological polar surface area (TPSA) is 51.1 Å². The van der Waals surface area contributed by atoms with Gasteiger partial charge in [0.2, 0.25) is 0 Å². The molecular weight excluding hydrogens is 685 g/mol. The highest BCUT2D eigenvalue weighted by molar-refractivity contribution is 5.90. The Morgan fingerprint density at radius 2 is 0.839 bits per heavy atom. The number of anilines is 3. The van der Waals surface area contributed by atoms with E-state index in [-0.39, 0.29) is 0 Å². The summed E-state index contributed by atoms with van der Waals surface area (Å²) in [6.07, 6.45) is 3.70. The minimum Gasteiger partial charge on any atom is -0.453 e. The van der Waals surface area contributed by atoms with Gasteiger partial charge in [0, 0.05) is 34.8 Å². The number of aromatic nitrogens is 3. The minimum atomic E-state index is 0.667. The second-order valence-corrected chi connectivity index (χ2v) is 13.7. The van der Waals surface area contributed by atoms with Gasteiger partial charge in [-0.3, -0.25) is 4.98 Å². The molecule has 0 radical (unpaired) electrons. The predicted octanol–water partition coefficient (Wildman–Crippen LogP) is 13.4. The van der Waals surface area contributed by atoms with Crippen molar-refractivity contribution in [2.24, 2.45) is 0 Å². The van der Waals surface area contributed by atoms with Gasteiger partial charge in [-0.25, -0.2) is 9.97 Å². The molecule has 264 valence electrons. The molecule has 5 nitrogen and oxygen atoms in total. The van der Waals surface area contributed by atoms with Crippen molar-refractivity contribution in [1.82, 2.24) is 15.0 Å². The van der Waals surface area contributed by atoms with Crippen LogP contribution < -0.4 is 9.64 Å². The minimum absolute atomic E-state index is 0.667. The lowest BCUT2D eigenvalue weighted by Gasteiger charge is -2.33. The summed E-state index contributed by atoms with van der Waals surface area (Å²) >= 11 is 0. The Balaban J connectivity index is 1.16. The first kappa shape index (κ1) is 33.0. The molecule has 5 heteroatoms. The van der Waals surface area contributed by atoms with Crippen molar-refractivity contribution in [3.8, 4) is 78.8 Å². The quantitative estimate of drug-likeness (QED) is 0.164. The lowest BCUT2D eigenvalue weighted by Crippen LogP contribution is -2.15. The Morgan fingerprint density at radius 3 is 1.46 bits per heavy atom. The average Bonchev–Trinajstić information content (AvgIpc) is 3.29. The van der Waals surface area contributed by atoms with Crippen LogP contribution in [0.2, 0.25) is 0 Å². The van der Waals surface area contributed by atoms with Gasteiger partial charge in [0.05, 0.1) is 22.8 Å². The van der Waals surface area contributed by atoms with Crippen LogP contribution in [0.3, 0.4) is 0 Å². The summed E-state index contributed by atoms with van der Waals surface area (Å²) in [5.41, 5.74) is 14.2. The number of nitrogens with zero attached hydrogens (tertiary/aromatic N) is 4. The molecule has 0 N–H and O–H groups in total. The lowest BCUT2D eigenvalue weighted by molar-refractivity contribution is 0.477. The van der Waals surface area contributed by atoms with E-state index in [4.69, 9.17) is 14.7 Å². The van der Waals surface area contributed by atoms with Crippen molar-refractivity contribution in [2.75, 3.05) is 4.90 Å². The number of para-hydroxylation sites is 4. The Kier molecular flexibility index (Phi) is 8.43. The third-order valence-electron chi connectivity index (χ3n) is 10.2. The van der Waals surface area contributed by atoms with Gasteiger partial charge < -0.3 is 9.64 Å². The fourth-order valence-electron chi connectivity index (χ4n) is 7.35. The third kappa shape index (κ3) is 6.37. The summed E-state index contributed by atoms with van der Waals surface area (Å²) in [5.74, 6) is 2.27. The largest absolute Gasteiger partial charge is 0.453 e. The molecule has 9 aromatic rings. The van der Waals surface area contributed by atoms with E-state index in [9.17, 15) is 0 Å².